The van der Waals surface area contributed by atoms with Crippen molar-refractivity contribution in [2.75, 3.05) is 18.4 Å². The number of nitrogens with zero attached hydrogens (tertiary/aromatic N) is 2. The number of likely N-dealkylation sites (tertiary alicyclic amines) is 1. The Hall–Kier alpha value is -3.40. The monoisotopic (exact) mass is 362 g/mol. The summed E-state index contributed by atoms with van der Waals surface area (Å²) >= 11 is 0. The summed E-state index contributed by atoms with van der Waals surface area (Å²) in [6.07, 6.45) is 1.37. The van der Waals surface area contributed by atoms with Gasteiger partial charge in [-0.15, -0.1) is 0 Å². The average Bonchev–Trinajstić information content (AvgIpc) is 2.93. The van der Waals surface area contributed by atoms with Crippen molar-refractivity contribution in [3.8, 4) is 6.07 Å². The lowest BCUT2D eigenvalue weighted by Gasteiger charge is -2.39. The molecular formula is C20H18N4O3. The van der Waals surface area contributed by atoms with E-state index in [9.17, 15) is 14.4 Å². The molecule has 2 N–H and O–H groups in total. The van der Waals surface area contributed by atoms with Gasteiger partial charge in [0.1, 0.15) is 11.6 Å². The second-order valence-corrected chi connectivity index (χ2v) is 7.07. The van der Waals surface area contributed by atoms with Gasteiger partial charge in [-0.05, 0) is 37.5 Å². The number of pyridine rings is 1. The van der Waals surface area contributed by atoms with E-state index in [1.165, 1.54) is 6.07 Å². The van der Waals surface area contributed by atoms with Gasteiger partial charge in [0.15, 0.2) is 0 Å². The van der Waals surface area contributed by atoms with Crippen LogP contribution in [0.1, 0.15) is 40.0 Å². The summed E-state index contributed by atoms with van der Waals surface area (Å²) in [7, 11) is 0. The van der Waals surface area contributed by atoms with Crippen LogP contribution in [0, 0.1) is 18.3 Å². The van der Waals surface area contributed by atoms with Crippen molar-refractivity contribution in [1.82, 2.24) is 9.88 Å². The molecule has 1 fully saturated rings. The molecule has 27 heavy (non-hydrogen) atoms. The lowest BCUT2D eigenvalue weighted by molar-refractivity contribution is -0.122. The molecule has 136 valence electrons. The second kappa shape index (κ2) is 6.09. The van der Waals surface area contributed by atoms with Crippen molar-refractivity contribution in [2.45, 2.75) is 25.2 Å². The van der Waals surface area contributed by atoms with Gasteiger partial charge >= 0.3 is 0 Å². The maximum Gasteiger partial charge on any atom is 0.266 e. The van der Waals surface area contributed by atoms with E-state index in [1.54, 1.807) is 11.8 Å². The first kappa shape index (κ1) is 17.0. The molecule has 1 saturated heterocycles. The highest BCUT2D eigenvalue weighted by atomic mass is 16.2. The molecule has 1 unspecified atom stereocenters. The first-order valence-corrected chi connectivity index (χ1v) is 8.80. The largest absolute Gasteiger partial charge is 0.337 e. The molecule has 2 amide bonds. The van der Waals surface area contributed by atoms with Gasteiger partial charge in [-0.25, -0.2) is 0 Å². The van der Waals surface area contributed by atoms with Crippen molar-refractivity contribution in [3.63, 3.8) is 0 Å². The zero-order valence-corrected chi connectivity index (χ0v) is 14.8. The van der Waals surface area contributed by atoms with E-state index in [-0.39, 0.29) is 29.5 Å². The van der Waals surface area contributed by atoms with Crippen LogP contribution >= 0.6 is 0 Å². The predicted octanol–water partition coefficient (Wildman–Crippen LogP) is 1.68. The summed E-state index contributed by atoms with van der Waals surface area (Å²) in [6.45, 7) is 2.43. The molecular weight excluding hydrogens is 344 g/mol. The summed E-state index contributed by atoms with van der Waals surface area (Å²) in [6, 6.07) is 10.7. The standard InChI is InChI=1S/C20H18N4O3/c1-12-14(9-13(10-21)17(25)22-12)18(26)24-8-4-7-20(11-24)15-5-2-3-6-16(15)23-19(20)27/h2-3,5-6,9H,4,7-8,11H2,1H3,(H,22,25)(H,23,27). The van der Waals surface area contributed by atoms with Gasteiger partial charge in [-0.3, -0.25) is 14.4 Å². The van der Waals surface area contributed by atoms with Gasteiger partial charge in [-0.1, -0.05) is 18.2 Å². The second-order valence-electron chi connectivity index (χ2n) is 7.07. The molecule has 4 rings (SSSR count). The molecule has 1 aromatic carbocycles. The number of carbonyl (C=O) groups is 2. The fourth-order valence-corrected chi connectivity index (χ4v) is 4.11. The molecule has 2 aliphatic rings. The molecule has 2 aromatic rings. The van der Waals surface area contributed by atoms with Crippen LogP contribution in [-0.4, -0.2) is 34.8 Å². The van der Waals surface area contributed by atoms with E-state index in [0.29, 0.717) is 25.1 Å². The Morgan fingerprint density at radius 1 is 1.30 bits per heavy atom. The Kier molecular flexibility index (Phi) is 3.84. The van der Waals surface area contributed by atoms with Crippen LogP contribution < -0.4 is 10.9 Å². The average molecular weight is 362 g/mol. The summed E-state index contributed by atoms with van der Waals surface area (Å²) in [5.41, 5.74) is 1.06. The van der Waals surface area contributed by atoms with Crippen LogP contribution in [0.25, 0.3) is 0 Å². The molecule has 3 heterocycles. The van der Waals surface area contributed by atoms with Crippen molar-refractivity contribution in [2.24, 2.45) is 0 Å². The zero-order chi connectivity index (χ0) is 19.2. The first-order chi connectivity index (χ1) is 13.0. The number of benzene rings is 1. The molecule has 7 nitrogen and oxygen atoms in total. The highest BCUT2D eigenvalue weighted by Crippen LogP contribution is 2.43. The normalized spacial score (nSPS) is 20.9. The number of para-hydroxylation sites is 1. The number of fused-ring (bicyclic) bond motifs is 2. The minimum Gasteiger partial charge on any atom is -0.337 e. The number of aryl methyl sites for hydroxylation is 1. The maximum absolute atomic E-state index is 13.1. The minimum absolute atomic E-state index is 0.0860. The van der Waals surface area contributed by atoms with Crippen LogP contribution in [0.5, 0.6) is 0 Å². The third-order valence-corrected chi connectivity index (χ3v) is 5.49. The van der Waals surface area contributed by atoms with Crippen LogP contribution in [0.2, 0.25) is 0 Å². The van der Waals surface area contributed by atoms with E-state index in [0.717, 1.165) is 11.3 Å². The number of amides is 2. The van der Waals surface area contributed by atoms with E-state index < -0.39 is 11.0 Å². The number of H-pyrrole nitrogens is 1. The van der Waals surface area contributed by atoms with Gasteiger partial charge in [0, 0.05) is 24.5 Å². The van der Waals surface area contributed by atoms with Gasteiger partial charge in [0.2, 0.25) is 5.91 Å². The summed E-state index contributed by atoms with van der Waals surface area (Å²) in [4.78, 5) is 41.9. The van der Waals surface area contributed by atoms with E-state index >= 15 is 0 Å². The van der Waals surface area contributed by atoms with Crippen LogP contribution in [0.15, 0.2) is 35.1 Å². The molecule has 0 aliphatic carbocycles. The van der Waals surface area contributed by atoms with Crippen LogP contribution in [0.4, 0.5) is 5.69 Å². The van der Waals surface area contributed by atoms with Crippen LogP contribution in [0.3, 0.4) is 0 Å². The summed E-state index contributed by atoms with van der Waals surface area (Å²) in [5, 5.41) is 12.0. The first-order valence-electron chi connectivity index (χ1n) is 8.80. The Morgan fingerprint density at radius 2 is 2.07 bits per heavy atom. The topological polar surface area (TPSA) is 106 Å². The summed E-state index contributed by atoms with van der Waals surface area (Å²) < 4.78 is 0. The predicted molar refractivity (Wildman–Crippen MR) is 98.4 cm³/mol. The molecule has 2 aliphatic heterocycles. The molecule has 1 atom stereocenters. The zero-order valence-electron chi connectivity index (χ0n) is 14.8. The van der Waals surface area contributed by atoms with Crippen molar-refractivity contribution in [1.29, 1.82) is 5.26 Å². The van der Waals surface area contributed by atoms with Gasteiger partial charge in [-0.2, -0.15) is 5.26 Å². The number of aromatic nitrogens is 1. The SMILES string of the molecule is Cc1[nH]c(=O)c(C#N)cc1C(=O)N1CCCC2(C1)C(=O)Nc1ccccc12. The third-order valence-electron chi connectivity index (χ3n) is 5.49. The number of carbonyl (C=O) groups excluding carboxylic acids is 2. The minimum atomic E-state index is -0.751. The fourth-order valence-electron chi connectivity index (χ4n) is 4.11. The Bertz CT molecular complexity index is 1070. The Morgan fingerprint density at radius 3 is 2.85 bits per heavy atom. The molecule has 1 spiro atoms. The van der Waals surface area contributed by atoms with Crippen molar-refractivity contribution in [3.05, 3.63) is 63.1 Å². The van der Waals surface area contributed by atoms with Gasteiger partial charge < -0.3 is 15.2 Å². The quantitative estimate of drug-likeness (QED) is 0.805. The smallest absolute Gasteiger partial charge is 0.266 e. The summed E-state index contributed by atoms with van der Waals surface area (Å²) in [5.74, 6) is -0.367. The van der Waals surface area contributed by atoms with E-state index in [4.69, 9.17) is 5.26 Å². The van der Waals surface area contributed by atoms with Gasteiger partial charge in [0.05, 0.1) is 11.0 Å². The van der Waals surface area contributed by atoms with E-state index in [2.05, 4.69) is 10.3 Å². The number of aromatic amines is 1. The van der Waals surface area contributed by atoms with Crippen molar-refractivity contribution >= 4 is 17.5 Å². The van der Waals surface area contributed by atoms with Crippen LogP contribution in [-0.2, 0) is 10.2 Å². The van der Waals surface area contributed by atoms with E-state index in [1.807, 2.05) is 30.3 Å². The molecule has 0 saturated carbocycles. The maximum atomic E-state index is 13.1. The molecule has 1 aromatic heterocycles. The number of rotatable bonds is 1. The highest BCUT2D eigenvalue weighted by Gasteiger charge is 2.50. The third kappa shape index (κ3) is 2.53. The number of nitriles is 1. The molecule has 0 bridgehead atoms. The number of hydrogen-bond acceptors (Lipinski definition) is 4. The number of hydrogen-bond donors (Lipinski definition) is 2. The molecule has 7 heteroatoms. The lowest BCUT2D eigenvalue weighted by atomic mass is 9.75. The molecule has 0 radical (unpaired) electrons. The number of anilines is 1. The van der Waals surface area contributed by atoms with Gasteiger partial charge in [0.25, 0.3) is 11.5 Å². The Labute approximate surface area is 155 Å². The Balaban J connectivity index is 1.71. The van der Waals surface area contributed by atoms with Crippen molar-refractivity contribution < 1.29 is 9.59 Å². The number of piperidine rings is 1. The highest BCUT2D eigenvalue weighted by molar-refractivity contribution is 6.07. The number of nitrogens with one attached hydrogen (secondary N) is 2. The fraction of sp³-hybridized carbons (Fsp3) is 0.300. The lowest BCUT2D eigenvalue weighted by Crippen LogP contribution is -2.52.